The lowest BCUT2D eigenvalue weighted by Crippen LogP contribution is -2.54. The lowest BCUT2D eigenvalue weighted by molar-refractivity contribution is -0.123. The van der Waals surface area contributed by atoms with Crippen LogP contribution in [0.5, 0.6) is 0 Å². The van der Waals surface area contributed by atoms with Gasteiger partial charge in [-0.2, -0.15) is 0 Å². The Morgan fingerprint density at radius 3 is 2.43 bits per heavy atom. The van der Waals surface area contributed by atoms with Gasteiger partial charge in [-0.25, -0.2) is 0 Å². The molecule has 0 fully saturated rings. The molecule has 1 amide bonds. The van der Waals surface area contributed by atoms with E-state index >= 15 is 0 Å². The predicted octanol–water partition coefficient (Wildman–Crippen LogP) is 1.67. The van der Waals surface area contributed by atoms with E-state index in [4.69, 9.17) is 5.73 Å². The van der Waals surface area contributed by atoms with Crippen molar-refractivity contribution >= 4 is 5.91 Å². The molecule has 1 atom stereocenters. The predicted molar refractivity (Wildman–Crippen MR) is 60.0 cm³/mol. The summed E-state index contributed by atoms with van der Waals surface area (Å²) in [5, 5.41) is 3.01. The van der Waals surface area contributed by atoms with Gasteiger partial charge < -0.3 is 11.1 Å². The van der Waals surface area contributed by atoms with Crippen LogP contribution in [0.15, 0.2) is 0 Å². The Bertz CT molecular complexity index is 180. The monoisotopic (exact) mass is 200 g/mol. The van der Waals surface area contributed by atoms with E-state index in [2.05, 4.69) is 26.1 Å². The molecule has 84 valence electrons. The number of hydrogen-bond acceptors (Lipinski definition) is 2. The van der Waals surface area contributed by atoms with Crippen molar-refractivity contribution in [3.8, 4) is 0 Å². The average Bonchev–Trinajstić information content (AvgIpc) is 2.14. The number of hydrogen-bond donors (Lipinski definition) is 2. The molecule has 0 bridgehead atoms. The molecule has 0 radical (unpaired) electrons. The van der Waals surface area contributed by atoms with E-state index in [-0.39, 0.29) is 11.4 Å². The van der Waals surface area contributed by atoms with Crippen molar-refractivity contribution in [2.24, 2.45) is 11.7 Å². The Balaban J connectivity index is 4.11. The van der Waals surface area contributed by atoms with Crippen molar-refractivity contribution in [3.05, 3.63) is 0 Å². The van der Waals surface area contributed by atoms with Crippen LogP contribution in [0, 0.1) is 5.92 Å². The van der Waals surface area contributed by atoms with Crippen LogP contribution in [-0.2, 0) is 4.79 Å². The van der Waals surface area contributed by atoms with E-state index in [9.17, 15) is 4.79 Å². The maximum Gasteiger partial charge on any atom is 0.220 e. The second-order valence-electron chi connectivity index (χ2n) is 4.43. The van der Waals surface area contributed by atoms with Gasteiger partial charge in [0.2, 0.25) is 5.91 Å². The molecule has 0 aromatic heterocycles. The van der Waals surface area contributed by atoms with Crippen molar-refractivity contribution < 1.29 is 4.79 Å². The van der Waals surface area contributed by atoms with E-state index in [1.54, 1.807) is 0 Å². The Hall–Kier alpha value is -0.570. The molecule has 3 heteroatoms. The number of unbranched alkanes of at least 4 members (excludes halogenated alkanes) is 1. The quantitative estimate of drug-likeness (QED) is 0.685. The van der Waals surface area contributed by atoms with Gasteiger partial charge >= 0.3 is 0 Å². The largest absolute Gasteiger partial charge is 0.349 e. The van der Waals surface area contributed by atoms with Crippen LogP contribution >= 0.6 is 0 Å². The molecule has 3 N–H and O–H groups in total. The second-order valence-corrected chi connectivity index (χ2v) is 4.43. The summed E-state index contributed by atoms with van der Waals surface area (Å²) in [7, 11) is 0. The third kappa shape index (κ3) is 4.09. The molecule has 3 nitrogen and oxygen atoms in total. The number of amides is 1. The molecular formula is C11H24N2O. The fourth-order valence-corrected chi connectivity index (χ4v) is 1.15. The second kappa shape index (κ2) is 6.02. The molecule has 0 aromatic carbocycles. The number of nitrogens with one attached hydrogen (secondary N) is 1. The Morgan fingerprint density at radius 2 is 2.07 bits per heavy atom. The molecule has 0 aliphatic rings. The van der Waals surface area contributed by atoms with E-state index in [1.807, 2.05) is 6.92 Å². The van der Waals surface area contributed by atoms with E-state index in [1.165, 1.54) is 0 Å². The highest BCUT2D eigenvalue weighted by Crippen LogP contribution is 2.15. The maximum atomic E-state index is 11.5. The van der Waals surface area contributed by atoms with Crippen LogP contribution in [0.25, 0.3) is 0 Å². The van der Waals surface area contributed by atoms with Gasteiger partial charge in [-0.3, -0.25) is 4.79 Å². The van der Waals surface area contributed by atoms with Gasteiger partial charge in [0.05, 0.1) is 5.54 Å². The Morgan fingerprint density at radius 1 is 1.50 bits per heavy atom. The molecule has 0 saturated carbocycles. The normalized spacial score (nSPS) is 15.3. The molecule has 14 heavy (non-hydrogen) atoms. The fraction of sp³-hybridized carbons (Fsp3) is 0.909. The molecule has 1 unspecified atom stereocenters. The van der Waals surface area contributed by atoms with Crippen LogP contribution in [0.4, 0.5) is 0 Å². The van der Waals surface area contributed by atoms with Gasteiger partial charge in [-0.05, 0) is 19.3 Å². The molecule has 0 rings (SSSR count). The lowest BCUT2D eigenvalue weighted by atomic mass is 9.88. The maximum absolute atomic E-state index is 11.5. The average molecular weight is 200 g/mol. The number of rotatable bonds is 6. The minimum absolute atomic E-state index is 0.119. The molecule has 0 heterocycles. The zero-order valence-electron chi connectivity index (χ0n) is 9.89. The van der Waals surface area contributed by atoms with Gasteiger partial charge in [0.15, 0.2) is 0 Å². The summed E-state index contributed by atoms with van der Waals surface area (Å²) in [5.41, 5.74) is 5.41. The minimum atomic E-state index is -0.259. The summed E-state index contributed by atoms with van der Waals surface area (Å²) in [4.78, 5) is 11.5. The lowest BCUT2D eigenvalue weighted by Gasteiger charge is -2.33. The van der Waals surface area contributed by atoms with Crippen molar-refractivity contribution in [3.63, 3.8) is 0 Å². The third-order valence-electron chi connectivity index (χ3n) is 2.88. The van der Waals surface area contributed by atoms with Crippen LogP contribution in [0.1, 0.15) is 47.0 Å². The van der Waals surface area contributed by atoms with Crippen molar-refractivity contribution in [2.75, 3.05) is 6.54 Å². The Labute approximate surface area is 87.4 Å². The van der Waals surface area contributed by atoms with E-state index in [0.29, 0.717) is 18.9 Å². The summed E-state index contributed by atoms with van der Waals surface area (Å²) in [6.45, 7) is 8.72. The highest BCUT2D eigenvalue weighted by atomic mass is 16.1. The number of nitrogens with two attached hydrogens (primary N) is 1. The molecule has 0 spiro atoms. The number of carbonyl (C=O) groups excluding carboxylic acids is 1. The van der Waals surface area contributed by atoms with Gasteiger partial charge in [-0.1, -0.05) is 27.2 Å². The summed E-state index contributed by atoms with van der Waals surface area (Å²) in [6, 6.07) is 0. The zero-order chi connectivity index (χ0) is 11.2. The molecule has 0 aliphatic carbocycles. The first kappa shape index (κ1) is 13.4. The highest BCUT2D eigenvalue weighted by molar-refractivity contribution is 5.76. The minimum Gasteiger partial charge on any atom is -0.349 e. The van der Waals surface area contributed by atoms with Gasteiger partial charge in [0.1, 0.15) is 0 Å². The molecular weight excluding hydrogens is 176 g/mol. The van der Waals surface area contributed by atoms with Crippen molar-refractivity contribution in [2.45, 2.75) is 52.5 Å². The van der Waals surface area contributed by atoms with Gasteiger partial charge in [0, 0.05) is 13.0 Å². The SMILES string of the molecule is CCCCC(=O)NC(C)(CN)C(C)C. The van der Waals surface area contributed by atoms with Gasteiger partial charge in [0.25, 0.3) is 0 Å². The van der Waals surface area contributed by atoms with Crippen LogP contribution in [-0.4, -0.2) is 18.0 Å². The smallest absolute Gasteiger partial charge is 0.220 e. The number of carbonyl (C=O) groups is 1. The topological polar surface area (TPSA) is 55.1 Å². The molecule has 0 aliphatic heterocycles. The molecule has 0 aromatic rings. The first-order valence-electron chi connectivity index (χ1n) is 5.47. The van der Waals surface area contributed by atoms with E-state index in [0.717, 1.165) is 12.8 Å². The summed E-state index contributed by atoms with van der Waals surface area (Å²) >= 11 is 0. The van der Waals surface area contributed by atoms with Crippen molar-refractivity contribution in [1.82, 2.24) is 5.32 Å². The molecule has 0 saturated heterocycles. The first-order chi connectivity index (χ1) is 6.46. The van der Waals surface area contributed by atoms with Gasteiger partial charge in [-0.15, -0.1) is 0 Å². The van der Waals surface area contributed by atoms with E-state index < -0.39 is 0 Å². The van der Waals surface area contributed by atoms with Crippen LogP contribution in [0.3, 0.4) is 0 Å². The van der Waals surface area contributed by atoms with Crippen LogP contribution in [0.2, 0.25) is 0 Å². The summed E-state index contributed by atoms with van der Waals surface area (Å²) < 4.78 is 0. The summed E-state index contributed by atoms with van der Waals surface area (Å²) in [5.74, 6) is 0.478. The fourth-order valence-electron chi connectivity index (χ4n) is 1.15. The first-order valence-corrected chi connectivity index (χ1v) is 5.47. The van der Waals surface area contributed by atoms with Crippen LogP contribution < -0.4 is 11.1 Å². The summed E-state index contributed by atoms with van der Waals surface area (Å²) in [6.07, 6.45) is 2.61. The highest BCUT2D eigenvalue weighted by Gasteiger charge is 2.27. The third-order valence-corrected chi connectivity index (χ3v) is 2.88. The Kier molecular flexibility index (Phi) is 5.77. The standard InChI is InChI=1S/C11H24N2O/c1-5-6-7-10(14)13-11(4,8-12)9(2)3/h9H,5-8,12H2,1-4H3,(H,13,14). The zero-order valence-corrected chi connectivity index (χ0v) is 9.89. The van der Waals surface area contributed by atoms with Crippen molar-refractivity contribution in [1.29, 1.82) is 0 Å².